The number of rotatable bonds is 6. The summed E-state index contributed by atoms with van der Waals surface area (Å²) in [4.78, 5) is 25.5. The predicted molar refractivity (Wildman–Crippen MR) is 112 cm³/mol. The van der Waals surface area contributed by atoms with Gasteiger partial charge in [0.15, 0.2) is 0 Å². The van der Waals surface area contributed by atoms with Gasteiger partial charge >= 0.3 is 5.97 Å². The first kappa shape index (κ1) is 19.8. The second-order valence-electron chi connectivity index (χ2n) is 6.28. The normalized spacial score (nSPS) is 11.7. The molecular weight excluding hydrogens is 418 g/mol. The number of carbonyl (C=O) groups excluding carboxylic acids is 2. The Morgan fingerprint density at radius 2 is 1.43 bits per heavy atom. The van der Waals surface area contributed by atoms with E-state index in [4.69, 9.17) is 4.74 Å². The highest BCUT2D eigenvalue weighted by atomic mass is 79.9. The van der Waals surface area contributed by atoms with Crippen molar-refractivity contribution in [3.8, 4) is 0 Å². The molecule has 0 aliphatic rings. The van der Waals surface area contributed by atoms with Crippen molar-refractivity contribution in [3.05, 3.63) is 106 Å². The molecule has 142 valence electrons. The minimum Gasteiger partial charge on any atom is -0.467 e. The number of amides is 1. The average Bonchev–Trinajstić information content (AvgIpc) is 2.74. The summed E-state index contributed by atoms with van der Waals surface area (Å²) < 4.78 is 5.82. The average molecular weight is 438 g/mol. The Morgan fingerprint density at radius 3 is 1.93 bits per heavy atom. The zero-order valence-corrected chi connectivity index (χ0v) is 16.9. The van der Waals surface area contributed by atoms with Crippen LogP contribution < -0.4 is 5.32 Å². The SMILES string of the molecule is COC(=O)[C@H](NC(=O)c1cccc(Br)c1)C(c1ccccc1)c1ccccc1. The monoisotopic (exact) mass is 437 g/mol. The molecule has 1 atom stereocenters. The number of benzene rings is 3. The van der Waals surface area contributed by atoms with Gasteiger partial charge in [-0.15, -0.1) is 0 Å². The Kier molecular flexibility index (Phi) is 6.61. The predicted octanol–water partition coefficient (Wildman–Crippen LogP) is 4.55. The summed E-state index contributed by atoms with van der Waals surface area (Å²) in [6.07, 6.45) is 0. The van der Waals surface area contributed by atoms with Crippen molar-refractivity contribution in [1.29, 1.82) is 0 Å². The fourth-order valence-corrected chi connectivity index (χ4v) is 3.56. The molecule has 0 aromatic heterocycles. The largest absolute Gasteiger partial charge is 0.467 e. The summed E-state index contributed by atoms with van der Waals surface area (Å²) >= 11 is 3.37. The van der Waals surface area contributed by atoms with E-state index in [0.29, 0.717) is 5.56 Å². The van der Waals surface area contributed by atoms with Crippen LogP contribution in [0, 0.1) is 0 Å². The van der Waals surface area contributed by atoms with E-state index in [1.165, 1.54) is 7.11 Å². The Morgan fingerprint density at radius 1 is 0.857 bits per heavy atom. The van der Waals surface area contributed by atoms with E-state index in [9.17, 15) is 9.59 Å². The zero-order chi connectivity index (χ0) is 19.9. The molecule has 0 fully saturated rings. The van der Waals surface area contributed by atoms with E-state index in [0.717, 1.165) is 15.6 Å². The molecule has 0 spiro atoms. The van der Waals surface area contributed by atoms with Gasteiger partial charge in [0.25, 0.3) is 5.91 Å². The standard InChI is InChI=1S/C23H20BrNO3/c1-28-23(27)21(25-22(26)18-13-8-14-19(24)15-18)20(16-9-4-2-5-10-16)17-11-6-3-7-12-17/h2-15,20-21H,1H3,(H,25,26)/t21-/m1/s1. The van der Waals surface area contributed by atoms with Crippen molar-refractivity contribution >= 4 is 27.8 Å². The summed E-state index contributed by atoms with van der Waals surface area (Å²) in [5.41, 5.74) is 2.29. The summed E-state index contributed by atoms with van der Waals surface area (Å²) in [6.45, 7) is 0. The number of esters is 1. The molecule has 5 heteroatoms. The van der Waals surface area contributed by atoms with Crippen molar-refractivity contribution in [1.82, 2.24) is 5.32 Å². The molecule has 0 heterocycles. The Labute approximate surface area is 172 Å². The van der Waals surface area contributed by atoms with E-state index in [-0.39, 0.29) is 11.8 Å². The number of methoxy groups -OCH3 is 1. The molecule has 1 amide bonds. The topological polar surface area (TPSA) is 55.4 Å². The Hall–Kier alpha value is -2.92. The maximum atomic E-state index is 12.9. The van der Waals surface area contributed by atoms with Gasteiger partial charge in [-0.3, -0.25) is 4.79 Å². The lowest BCUT2D eigenvalue weighted by molar-refractivity contribution is -0.143. The summed E-state index contributed by atoms with van der Waals surface area (Å²) in [6, 6.07) is 25.4. The second kappa shape index (κ2) is 9.33. The van der Waals surface area contributed by atoms with Gasteiger partial charge in [0.05, 0.1) is 7.11 Å². The molecule has 0 radical (unpaired) electrons. The number of halogens is 1. The van der Waals surface area contributed by atoms with Gasteiger partial charge in [-0.25, -0.2) is 4.79 Å². The molecule has 0 saturated heterocycles. The lowest BCUT2D eigenvalue weighted by Gasteiger charge is -2.27. The molecule has 0 aliphatic heterocycles. The van der Waals surface area contributed by atoms with Crippen LogP contribution in [0.2, 0.25) is 0 Å². The van der Waals surface area contributed by atoms with Crippen LogP contribution in [0.15, 0.2) is 89.4 Å². The van der Waals surface area contributed by atoms with Gasteiger partial charge in [0.2, 0.25) is 0 Å². The maximum absolute atomic E-state index is 12.9. The van der Waals surface area contributed by atoms with Gasteiger partial charge in [0, 0.05) is 16.0 Å². The van der Waals surface area contributed by atoms with Gasteiger partial charge < -0.3 is 10.1 Å². The van der Waals surface area contributed by atoms with Crippen molar-refractivity contribution in [2.45, 2.75) is 12.0 Å². The van der Waals surface area contributed by atoms with Crippen molar-refractivity contribution in [2.75, 3.05) is 7.11 Å². The lowest BCUT2D eigenvalue weighted by Crippen LogP contribution is -2.46. The smallest absolute Gasteiger partial charge is 0.329 e. The van der Waals surface area contributed by atoms with Gasteiger partial charge in [-0.1, -0.05) is 82.7 Å². The maximum Gasteiger partial charge on any atom is 0.329 e. The molecule has 3 rings (SSSR count). The van der Waals surface area contributed by atoms with Crippen molar-refractivity contribution < 1.29 is 14.3 Å². The highest BCUT2D eigenvalue weighted by molar-refractivity contribution is 9.10. The van der Waals surface area contributed by atoms with Crippen LogP contribution in [0.4, 0.5) is 0 Å². The Bertz CT molecular complexity index is 905. The van der Waals surface area contributed by atoms with Crippen LogP contribution in [0.25, 0.3) is 0 Å². The highest BCUT2D eigenvalue weighted by Crippen LogP contribution is 2.29. The van der Waals surface area contributed by atoms with Gasteiger partial charge in [-0.2, -0.15) is 0 Å². The third kappa shape index (κ3) is 4.67. The first-order valence-corrected chi connectivity index (χ1v) is 9.63. The quantitative estimate of drug-likeness (QED) is 0.575. The van der Waals surface area contributed by atoms with Crippen LogP contribution in [0.5, 0.6) is 0 Å². The number of carbonyl (C=O) groups is 2. The van der Waals surface area contributed by atoms with E-state index < -0.39 is 12.0 Å². The number of hydrogen-bond donors (Lipinski definition) is 1. The molecule has 3 aromatic rings. The molecule has 0 aliphatic carbocycles. The van der Waals surface area contributed by atoms with Crippen LogP contribution in [0.1, 0.15) is 27.4 Å². The van der Waals surface area contributed by atoms with E-state index in [1.807, 2.05) is 66.7 Å². The summed E-state index contributed by atoms with van der Waals surface area (Å²) in [7, 11) is 1.33. The fraction of sp³-hybridized carbons (Fsp3) is 0.130. The molecule has 1 N–H and O–H groups in total. The van der Waals surface area contributed by atoms with Crippen LogP contribution >= 0.6 is 15.9 Å². The van der Waals surface area contributed by atoms with E-state index in [2.05, 4.69) is 21.2 Å². The highest BCUT2D eigenvalue weighted by Gasteiger charge is 2.33. The van der Waals surface area contributed by atoms with Gasteiger partial charge in [-0.05, 0) is 29.3 Å². The molecular formula is C23H20BrNO3. The number of ether oxygens (including phenoxy) is 1. The second-order valence-corrected chi connectivity index (χ2v) is 7.20. The van der Waals surface area contributed by atoms with Crippen LogP contribution in [0.3, 0.4) is 0 Å². The molecule has 0 bridgehead atoms. The first-order valence-electron chi connectivity index (χ1n) is 8.84. The van der Waals surface area contributed by atoms with E-state index >= 15 is 0 Å². The lowest BCUT2D eigenvalue weighted by atomic mass is 9.84. The van der Waals surface area contributed by atoms with Crippen LogP contribution in [-0.2, 0) is 9.53 Å². The number of hydrogen-bond acceptors (Lipinski definition) is 3. The third-order valence-electron chi connectivity index (χ3n) is 4.48. The fourth-order valence-electron chi connectivity index (χ4n) is 3.16. The Balaban J connectivity index is 2.01. The number of nitrogens with one attached hydrogen (secondary N) is 1. The molecule has 28 heavy (non-hydrogen) atoms. The van der Waals surface area contributed by atoms with Gasteiger partial charge in [0.1, 0.15) is 6.04 Å². The summed E-state index contributed by atoms with van der Waals surface area (Å²) in [5.74, 6) is -1.22. The molecule has 4 nitrogen and oxygen atoms in total. The van der Waals surface area contributed by atoms with Crippen molar-refractivity contribution in [2.24, 2.45) is 0 Å². The van der Waals surface area contributed by atoms with E-state index in [1.54, 1.807) is 18.2 Å². The first-order chi connectivity index (χ1) is 13.6. The zero-order valence-electron chi connectivity index (χ0n) is 15.3. The third-order valence-corrected chi connectivity index (χ3v) is 4.97. The molecule has 3 aromatic carbocycles. The minimum absolute atomic E-state index is 0.339. The molecule has 0 saturated carbocycles. The minimum atomic E-state index is -0.874. The van der Waals surface area contributed by atoms with Crippen molar-refractivity contribution in [3.63, 3.8) is 0 Å². The summed E-state index contributed by atoms with van der Waals surface area (Å²) in [5, 5.41) is 2.87. The molecule has 0 unspecified atom stereocenters. The van der Waals surface area contributed by atoms with Crippen LogP contribution in [-0.4, -0.2) is 25.0 Å².